The molecule has 0 aliphatic carbocycles. The van der Waals surface area contributed by atoms with Crippen LogP contribution in [-0.4, -0.2) is 40.8 Å². The third kappa shape index (κ3) is 4.11. The van der Waals surface area contributed by atoms with Gasteiger partial charge in [0.1, 0.15) is 6.54 Å². The second-order valence-electron chi connectivity index (χ2n) is 6.81. The highest BCUT2D eigenvalue weighted by atomic mass is 35.5. The lowest BCUT2D eigenvalue weighted by Gasteiger charge is -2.17. The van der Waals surface area contributed by atoms with E-state index in [1.165, 1.54) is 0 Å². The molecule has 1 aliphatic heterocycles. The van der Waals surface area contributed by atoms with E-state index in [9.17, 15) is 9.90 Å². The summed E-state index contributed by atoms with van der Waals surface area (Å²) < 4.78 is 1.99. The summed E-state index contributed by atoms with van der Waals surface area (Å²) in [6, 6.07) is 5.21. The molecule has 1 aromatic carbocycles. The van der Waals surface area contributed by atoms with Crippen molar-refractivity contribution in [3.8, 4) is 0 Å². The summed E-state index contributed by atoms with van der Waals surface area (Å²) in [6.45, 7) is 3.98. The van der Waals surface area contributed by atoms with E-state index < -0.39 is 5.97 Å². The zero-order valence-electron chi connectivity index (χ0n) is 16.3. The third-order valence-electron chi connectivity index (χ3n) is 4.86. The molecule has 0 saturated heterocycles. The number of carbonyl (C=O) groups is 1. The number of hydrogen-bond acceptors (Lipinski definition) is 6. The molecule has 0 bridgehead atoms. The normalized spacial score (nSPS) is 13.9. The maximum absolute atomic E-state index is 11.3. The van der Waals surface area contributed by atoms with Crippen LogP contribution in [0.15, 0.2) is 53.9 Å². The molecule has 0 saturated carbocycles. The predicted molar refractivity (Wildman–Crippen MR) is 111 cm³/mol. The number of aromatic nitrogens is 6. The van der Waals surface area contributed by atoms with Crippen LogP contribution in [0.3, 0.4) is 0 Å². The Hall–Kier alpha value is -3.46. The quantitative estimate of drug-likeness (QED) is 0.580. The first-order valence-electron chi connectivity index (χ1n) is 9.39. The Morgan fingerprint density at radius 2 is 1.97 bits per heavy atom. The van der Waals surface area contributed by atoms with Gasteiger partial charge in [0.05, 0.1) is 18.0 Å². The fourth-order valence-electron chi connectivity index (χ4n) is 3.35. The summed E-state index contributed by atoms with van der Waals surface area (Å²) in [4.78, 5) is 14.9. The lowest BCUT2D eigenvalue weighted by atomic mass is 10.1. The minimum atomic E-state index is -0.931. The fourth-order valence-corrected chi connectivity index (χ4v) is 3.44. The smallest absolute Gasteiger partial charge is 0.335 e. The Kier molecular flexibility index (Phi) is 5.62. The molecule has 0 radical (unpaired) electrons. The maximum atomic E-state index is 11.3. The molecule has 2 aromatic heterocycles. The van der Waals surface area contributed by atoms with Gasteiger partial charge < -0.3 is 10.0 Å². The van der Waals surface area contributed by atoms with Crippen LogP contribution in [0.25, 0.3) is 0 Å². The van der Waals surface area contributed by atoms with Gasteiger partial charge in [-0.3, -0.25) is 4.57 Å². The Bertz CT molecular complexity index is 1120. The molecule has 0 fully saturated rings. The van der Waals surface area contributed by atoms with Crippen molar-refractivity contribution in [2.75, 3.05) is 4.90 Å². The van der Waals surface area contributed by atoms with Crippen molar-refractivity contribution in [2.45, 2.75) is 33.1 Å². The zero-order valence-corrected chi connectivity index (χ0v) is 17.1. The van der Waals surface area contributed by atoms with Gasteiger partial charge in [-0.25, -0.2) is 4.79 Å². The standard InChI is InChI=1S/C20H20ClN7O2/c1-2-17(21)4-3-9-27-18(13-28-22-7-8-23-28)24-25-20(27)26-11-15-6-5-14(19(29)30)10-16(15)12-26/h2-8,10H,9,11-13H2,1H3,(H,29,30)/b4-3-,17-2+. The number of benzene rings is 1. The molecule has 30 heavy (non-hydrogen) atoms. The molecular formula is C20H20ClN7O2. The largest absolute Gasteiger partial charge is 0.478 e. The van der Waals surface area contributed by atoms with E-state index >= 15 is 0 Å². The van der Waals surface area contributed by atoms with Crippen LogP contribution >= 0.6 is 11.6 Å². The summed E-state index contributed by atoms with van der Waals surface area (Å²) >= 11 is 6.08. The predicted octanol–water partition coefficient (Wildman–Crippen LogP) is 2.84. The number of nitrogens with zero attached hydrogens (tertiary/aromatic N) is 7. The molecule has 3 heterocycles. The van der Waals surface area contributed by atoms with E-state index in [2.05, 4.69) is 25.3 Å². The summed E-state index contributed by atoms with van der Waals surface area (Å²) in [7, 11) is 0. The van der Waals surface area contributed by atoms with Crippen LogP contribution in [-0.2, 0) is 26.2 Å². The van der Waals surface area contributed by atoms with Crippen LogP contribution in [0.2, 0.25) is 0 Å². The molecule has 10 heteroatoms. The van der Waals surface area contributed by atoms with Crippen LogP contribution in [0.5, 0.6) is 0 Å². The monoisotopic (exact) mass is 425 g/mol. The van der Waals surface area contributed by atoms with E-state index in [0.29, 0.717) is 43.0 Å². The average Bonchev–Trinajstić information content (AvgIpc) is 3.47. The number of carboxylic acid groups (broad SMARTS) is 1. The van der Waals surface area contributed by atoms with Crippen LogP contribution in [0, 0.1) is 0 Å². The topological polar surface area (TPSA) is 102 Å². The van der Waals surface area contributed by atoms with Gasteiger partial charge in [0.25, 0.3) is 0 Å². The van der Waals surface area contributed by atoms with Crippen molar-refractivity contribution in [3.63, 3.8) is 0 Å². The minimum Gasteiger partial charge on any atom is -0.478 e. The first kappa shape index (κ1) is 19.8. The minimum absolute atomic E-state index is 0.284. The van der Waals surface area contributed by atoms with Gasteiger partial charge in [-0.2, -0.15) is 15.0 Å². The molecule has 0 amide bonds. The van der Waals surface area contributed by atoms with E-state index in [-0.39, 0.29) is 5.56 Å². The number of rotatable bonds is 7. The molecule has 9 nitrogen and oxygen atoms in total. The zero-order chi connectivity index (χ0) is 21.1. The number of hydrogen-bond donors (Lipinski definition) is 1. The molecule has 0 unspecified atom stereocenters. The number of carboxylic acids is 1. The molecule has 1 aliphatic rings. The van der Waals surface area contributed by atoms with Gasteiger partial charge in [-0.05, 0) is 36.3 Å². The Morgan fingerprint density at radius 3 is 2.70 bits per heavy atom. The van der Waals surface area contributed by atoms with Gasteiger partial charge in [0.15, 0.2) is 5.82 Å². The first-order valence-corrected chi connectivity index (χ1v) is 9.77. The number of fused-ring (bicyclic) bond motifs is 1. The van der Waals surface area contributed by atoms with Crippen molar-refractivity contribution in [1.82, 2.24) is 29.8 Å². The van der Waals surface area contributed by atoms with Crippen molar-refractivity contribution in [3.05, 3.63) is 76.4 Å². The molecule has 154 valence electrons. The van der Waals surface area contributed by atoms with Crippen molar-refractivity contribution >= 4 is 23.5 Å². The highest BCUT2D eigenvalue weighted by Gasteiger charge is 2.25. The molecular weight excluding hydrogens is 406 g/mol. The van der Waals surface area contributed by atoms with E-state index in [1.54, 1.807) is 29.3 Å². The average molecular weight is 426 g/mol. The molecule has 0 spiro atoms. The van der Waals surface area contributed by atoms with Gasteiger partial charge in [-0.15, -0.1) is 10.2 Å². The maximum Gasteiger partial charge on any atom is 0.335 e. The van der Waals surface area contributed by atoms with E-state index in [0.717, 1.165) is 11.1 Å². The Labute approximate surface area is 177 Å². The summed E-state index contributed by atoms with van der Waals surface area (Å²) in [5, 5.41) is 27.0. The van der Waals surface area contributed by atoms with Crippen LogP contribution in [0.4, 0.5) is 5.95 Å². The lowest BCUT2D eigenvalue weighted by Crippen LogP contribution is -2.21. The van der Waals surface area contributed by atoms with Gasteiger partial charge >= 0.3 is 5.97 Å². The highest BCUT2D eigenvalue weighted by Crippen LogP contribution is 2.28. The summed E-state index contributed by atoms with van der Waals surface area (Å²) in [6.07, 6.45) is 8.83. The van der Waals surface area contributed by atoms with Crippen molar-refractivity contribution in [1.29, 1.82) is 0 Å². The Balaban J connectivity index is 1.62. The third-order valence-corrected chi connectivity index (χ3v) is 5.20. The van der Waals surface area contributed by atoms with Gasteiger partial charge in [-0.1, -0.05) is 29.8 Å². The second kappa shape index (κ2) is 8.50. The number of allylic oxidation sites excluding steroid dienone is 4. The van der Waals surface area contributed by atoms with E-state index in [1.807, 2.05) is 35.8 Å². The van der Waals surface area contributed by atoms with Gasteiger partial charge in [0.2, 0.25) is 5.95 Å². The number of aromatic carboxylic acids is 1. The molecule has 0 atom stereocenters. The summed E-state index contributed by atoms with van der Waals surface area (Å²) in [5.74, 6) is 0.482. The van der Waals surface area contributed by atoms with E-state index in [4.69, 9.17) is 11.6 Å². The number of halogens is 1. The lowest BCUT2D eigenvalue weighted by molar-refractivity contribution is 0.0696. The first-order chi connectivity index (χ1) is 14.5. The second-order valence-corrected chi connectivity index (χ2v) is 7.24. The van der Waals surface area contributed by atoms with Gasteiger partial charge in [0, 0.05) is 24.7 Å². The highest BCUT2D eigenvalue weighted by molar-refractivity contribution is 6.31. The molecule has 1 N–H and O–H groups in total. The Morgan fingerprint density at radius 1 is 1.20 bits per heavy atom. The van der Waals surface area contributed by atoms with Crippen molar-refractivity contribution in [2.24, 2.45) is 0 Å². The van der Waals surface area contributed by atoms with Crippen molar-refractivity contribution < 1.29 is 9.90 Å². The molecule has 4 rings (SSSR count). The number of anilines is 1. The fraction of sp³-hybridized carbons (Fsp3) is 0.250. The van der Waals surface area contributed by atoms with Crippen LogP contribution in [0.1, 0.15) is 34.2 Å². The van der Waals surface area contributed by atoms with Crippen LogP contribution < -0.4 is 4.90 Å². The summed E-state index contributed by atoms with van der Waals surface area (Å²) in [5.41, 5.74) is 2.34. The SMILES string of the molecule is C/C=C(Cl)\C=C/Cn1c(Cn2nccn2)nnc1N1Cc2ccc(C(=O)O)cc2C1. The molecule has 3 aromatic rings.